The molecule has 0 aliphatic rings. The molecule has 0 saturated carbocycles. The highest BCUT2D eigenvalue weighted by Gasteiger charge is 2.15. The van der Waals surface area contributed by atoms with E-state index in [1.165, 1.54) is 0 Å². The van der Waals surface area contributed by atoms with Crippen LogP contribution in [-0.2, 0) is 10.4 Å². The van der Waals surface area contributed by atoms with Gasteiger partial charge in [0.25, 0.3) is 0 Å². The van der Waals surface area contributed by atoms with E-state index in [9.17, 15) is 8.42 Å². The standard InChI is InChI=1S/C14H14O4S/c1-11-5-3-7-13(9-11)17-19(15,16)18-14-8-4-6-12(2)10-14/h3-10H,1-2H3. The maximum atomic E-state index is 11.7. The number of hydrogen-bond donors (Lipinski definition) is 0. The predicted molar refractivity (Wildman–Crippen MR) is 72.5 cm³/mol. The lowest BCUT2D eigenvalue weighted by atomic mass is 10.2. The first-order valence-corrected chi connectivity index (χ1v) is 7.05. The van der Waals surface area contributed by atoms with Crippen molar-refractivity contribution >= 4 is 10.4 Å². The molecule has 2 aromatic rings. The average molecular weight is 278 g/mol. The maximum Gasteiger partial charge on any atom is 0.500 e. The first-order valence-electron chi connectivity index (χ1n) is 5.72. The Morgan fingerprint density at radius 2 is 1.21 bits per heavy atom. The molecule has 0 amide bonds. The van der Waals surface area contributed by atoms with Crippen LogP contribution in [-0.4, -0.2) is 8.42 Å². The van der Waals surface area contributed by atoms with E-state index in [1.807, 2.05) is 26.0 Å². The van der Waals surface area contributed by atoms with Crippen LogP contribution in [0.5, 0.6) is 11.5 Å². The van der Waals surface area contributed by atoms with Crippen molar-refractivity contribution in [1.82, 2.24) is 0 Å². The molecule has 0 N–H and O–H groups in total. The van der Waals surface area contributed by atoms with Gasteiger partial charge in [0.15, 0.2) is 0 Å². The molecule has 0 unspecified atom stereocenters. The highest BCUT2D eigenvalue weighted by molar-refractivity contribution is 7.82. The lowest BCUT2D eigenvalue weighted by Crippen LogP contribution is -2.16. The molecule has 0 saturated heterocycles. The van der Waals surface area contributed by atoms with Crippen molar-refractivity contribution in [3.63, 3.8) is 0 Å². The van der Waals surface area contributed by atoms with E-state index in [4.69, 9.17) is 8.37 Å². The van der Waals surface area contributed by atoms with E-state index in [0.717, 1.165) is 11.1 Å². The molecular weight excluding hydrogens is 264 g/mol. The number of aryl methyl sites for hydroxylation is 2. The summed E-state index contributed by atoms with van der Waals surface area (Å²) in [5.74, 6) is 0.459. The van der Waals surface area contributed by atoms with Gasteiger partial charge in [0.2, 0.25) is 0 Å². The highest BCUT2D eigenvalue weighted by atomic mass is 32.3. The van der Waals surface area contributed by atoms with Crippen LogP contribution < -0.4 is 8.37 Å². The van der Waals surface area contributed by atoms with Gasteiger partial charge in [0, 0.05) is 0 Å². The third kappa shape index (κ3) is 3.99. The van der Waals surface area contributed by atoms with Crippen molar-refractivity contribution in [1.29, 1.82) is 0 Å². The van der Waals surface area contributed by atoms with Crippen LogP contribution >= 0.6 is 0 Å². The van der Waals surface area contributed by atoms with Crippen molar-refractivity contribution in [3.05, 3.63) is 59.7 Å². The van der Waals surface area contributed by atoms with Gasteiger partial charge in [-0.3, -0.25) is 0 Å². The summed E-state index contributed by atoms with van der Waals surface area (Å²) in [4.78, 5) is 0. The Bertz CT molecular complexity index is 624. The summed E-state index contributed by atoms with van der Waals surface area (Å²) in [5, 5.41) is 0. The average Bonchev–Trinajstić information content (AvgIpc) is 2.27. The second kappa shape index (κ2) is 5.32. The Kier molecular flexibility index (Phi) is 3.76. The Balaban J connectivity index is 2.15. The van der Waals surface area contributed by atoms with Crippen LogP contribution in [0.25, 0.3) is 0 Å². The van der Waals surface area contributed by atoms with Gasteiger partial charge >= 0.3 is 10.4 Å². The summed E-state index contributed by atoms with van der Waals surface area (Å²) in [7, 11) is -4.12. The maximum absolute atomic E-state index is 11.7. The second-order valence-electron chi connectivity index (χ2n) is 4.21. The quantitative estimate of drug-likeness (QED) is 0.862. The van der Waals surface area contributed by atoms with E-state index < -0.39 is 10.4 Å². The van der Waals surface area contributed by atoms with Crippen LogP contribution in [0.4, 0.5) is 0 Å². The fraction of sp³-hybridized carbons (Fsp3) is 0.143. The smallest absolute Gasteiger partial charge is 0.353 e. The van der Waals surface area contributed by atoms with Crippen molar-refractivity contribution < 1.29 is 16.8 Å². The van der Waals surface area contributed by atoms with Gasteiger partial charge in [0.05, 0.1) is 0 Å². The van der Waals surface area contributed by atoms with E-state index in [0.29, 0.717) is 0 Å². The van der Waals surface area contributed by atoms with Crippen LogP contribution in [0.3, 0.4) is 0 Å². The van der Waals surface area contributed by atoms with Gasteiger partial charge in [-0.2, -0.15) is 0 Å². The van der Waals surface area contributed by atoms with E-state index in [-0.39, 0.29) is 11.5 Å². The molecule has 2 rings (SSSR count). The summed E-state index contributed by atoms with van der Waals surface area (Å²) in [6, 6.07) is 13.5. The zero-order valence-corrected chi connectivity index (χ0v) is 11.5. The monoisotopic (exact) mass is 278 g/mol. The first-order chi connectivity index (χ1) is 8.94. The van der Waals surface area contributed by atoms with Gasteiger partial charge in [0.1, 0.15) is 11.5 Å². The minimum absolute atomic E-state index is 0.229. The minimum atomic E-state index is -4.12. The first kappa shape index (κ1) is 13.4. The van der Waals surface area contributed by atoms with Gasteiger partial charge in [-0.1, -0.05) is 24.3 Å². The molecule has 5 heteroatoms. The largest absolute Gasteiger partial charge is 0.500 e. The van der Waals surface area contributed by atoms with Crippen molar-refractivity contribution in [3.8, 4) is 11.5 Å². The highest BCUT2D eigenvalue weighted by Crippen LogP contribution is 2.19. The van der Waals surface area contributed by atoms with Crippen molar-refractivity contribution in [2.75, 3.05) is 0 Å². The molecule has 19 heavy (non-hydrogen) atoms. The third-order valence-corrected chi connectivity index (χ3v) is 3.17. The molecule has 0 aliphatic carbocycles. The summed E-state index contributed by atoms with van der Waals surface area (Å²) >= 11 is 0. The van der Waals surface area contributed by atoms with E-state index in [1.54, 1.807) is 36.4 Å². The van der Waals surface area contributed by atoms with Crippen molar-refractivity contribution in [2.45, 2.75) is 13.8 Å². The minimum Gasteiger partial charge on any atom is -0.353 e. The summed E-state index contributed by atoms with van der Waals surface area (Å²) < 4.78 is 33.2. The molecule has 0 spiro atoms. The van der Waals surface area contributed by atoms with E-state index in [2.05, 4.69) is 0 Å². The summed E-state index contributed by atoms with van der Waals surface area (Å²) in [6.45, 7) is 3.70. The Labute approximate surface area is 112 Å². The molecule has 0 atom stereocenters. The SMILES string of the molecule is Cc1cccc(OS(=O)(=O)Oc2cccc(C)c2)c1. The zero-order chi connectivity index (χ0) is 13.9. The molecule has 0 aliphatic heterocycles. The van der Waals surface area contributed by atoms with Crippen LogP contribution in [0.1, 0.15) is 11.1 Å². The van der Waals surface area contributed by atoms with Crippen LogP contribution in [0.15, 0.2) is 48.5 Å². The third-order valence-electron chi connectivity index (χ3n) is 2.38. The normalized spacial score (nSPS) is 11.1. The molecule has 2 aromatic carbocycles. The molecule has 0 heterocycles. The topological polar surface area (TPSA) is 52.6 Å². The molecular formula is C14H14O4S. The van der Waals surface area contributed by atoms with Gasteiger partial charge in [-0.05, 0) is 49.2 Å². The van der Waals surface area contributed by atoms with Gasteiger partial charge in [-0.25, -0.2) is 0 Å². The fourth-order valence-corrected chi connectivity index (χ4v) is 2.30. The fourth-order valence-electron chi connectivity index (χ4n) is 1.59. The van der Waals surface area contributed by atoms with Crippen LogP contribution in [0, 0.1) is 13.8 Å². The molecule has 100 valence electrons. The Hall–Kier alpha value is -2.01. The second-order valence-corrected chi connectivity index (χ2v) is 5.36. The number of rotatable bonds is 4. The van der Waals surface area contributed by atoms with Crippen LogP contribution in [0.2, 0.25) is 0 Å². The summed E-state index contributed by atoms with van der Waals surface area (Å²) in [6.07, 6.45) is 0. The molecule has 0 fully saturated rings. The summed E-state index contributed by atoms with van der Waals surface area (Å²) in [5.41, 5.74) is 1.81. The predicted octanol–water partition coefficient (Wildman–Crippen LogP) is 3.01. The lowest BCUT2D eigenvalue weighted by Gasteiger charge is -2.08. The Morgan fingerprint density at radius 1 is 0.789 bits per heavy atom. The van der Waals surface area contributed by atoms with Crippen molar-refractivity contribution in [2.24, 2.45) is 0 Å². The van der Waals surface area contributed by atoms with Gasteiger partial charge in [-0.15, -0.1) is 8.42 Å². The zero-order valence-electron chi connectivity index (χ0n) is 10.7. The lowest BCUT2D eigenvalue weighted by molar-refractivity contribution is 0.392. The number of hydrogen-bond acceptors (Lipinski definition) is 4. The Morgan fingerprint density at radius 3 is 1.58 bits per heavy atom. The molecule has 0 radical (unpaired) electrons. The molecule has 0 aromatic heterocycles. The van der Waals surface area contributed by atoms with Gasteiger partial charge < -0.3 is 8.37 Å². The number of benzene rings is 2. The molecule has 4 nitrogen and oxygen atoms in total. The molecule has 0 bridgehead atoms. The van der Waals surface area contributed by atoms with E-state index >= 15 is 0 Å².